The minimum Gasteiger partial charge on any atom is -0.469 e. The normalized spacial score (nSPS) is 10.4. The third-order valence-electron chi connectivity index (χ3n) is 3.56. The number of carbonyl (C=O) groups excluding carboxylic acids is 3. The zero-order valence-corrected chi connectivity index (χ0v) is 15.4. The molecule has 0 saturated carbocycles. The van der Waals surface area contributed by atoms with Crippen LogP contribution in [-0.2, 0) is 19.1 Å². The van der Waals surface area contributed by atoms with Crippen LogP contribution in [0.25, 0.3) is 0 Å². The lowest BCUT2D eigenvalue weighted by molar-refractivity contribution is -0.141. The van der Waals surface area contributed by atoms with Gasteiger partial charge in [-0.1, -0.05) is 0 Å². The lowest BCUT2D eigenvalue weighted by Gasteiger charge is -2.21. The predicted octanol–water partition coefficient (Wildman–Crippen LogP) is 1.13. The zero-order chi connectivity index (χ0) is 18.7. The van der Waals surface area contributed by atoms with Gasteiger partial charge in [0.15, 0.2) is 0 Å². The molecule has 1 amide bonds. The van der Waals surface area contributed by atoms with Gasteiger partial charge in [0, 0.05) is 36.6 Å². The summed E-state index contributed by atoms with van der Waals surface area (Å²) >= 11 is 4.18. The Kier molecular flexibility index (Phi) is 9.64. The Labute approximate surface area is 153 Å². The molecule has 0 fully saturated rings. The number of amides is 1. The van der Waals surface area contributed by atoms with Crippen molar-refractivity contribution in [1.29, 1.82) is 0 Å². The van der Waals surface area contributed by atoms with Gasteiger partial charge in [0.2, 0.25) is 0 Å². The maximum atomic E-state index is 12.1. The number of benzene rings is 1. The van der Waals surface area contributed by atoms with Gasteiger partial charge >= 0.3 is 11.9 Å². The van der Waals surface area contributed by atoms with Gasteiger partial charge in [0.25, 0.3) is 5.91 Å². The summed E-state index contributed by atoms with van der Waals surface area (Å²) < 4.78 is 9.25. The van der Waals surface area contributed by atoms with Crippen LogP contribution in [0.4, 0.5) is 0 Å². The summed E-state index contributed by atoms with van der Waals surface area (Å²) in [6.45, 7) is 1.77. The van der Waals surface area contributed by atoms with Crippen LogP contribution in [0.1, 0.15) is 23.2 Å². The fraction of sp³-hybridized carbons (Fsp3) is 0.471. The first-order chi connectivity index (χ1) is 12.0. The molecule has 0 atom stereocenters. The van der Waals surface area contributed by atoms with E-state index in [2.05, 4.69) is 27.4 Å². The molecule has 1 aromatic rings. The number of nitrogens with one attached hydrogen (secondary N) is 1. The second-order valence-corrected chi connectivity index (χ2v) is 5.81. The van der Waals surface area contributed by atoms with Crippen molar-refractivity contribution >= 4 is 30.5 Å². The number of ether oxygens (including phenoxy) is 2. The van der Waals surface area contributed by atoms with Gasteiger partial charge in [-0.25, -0.2) is 0 Å². The largest absolute Gasteiger partial charge is 0.469 e. The molecule has 25 heavy (non-hydrogen) atoms. The Bertz CT molecular complexity index is 557. The second kappa shape index (κ2) is 11.5. The number of thiol groups is 1. The molecule has 0 bridgehead atoms. The molecular formula is C17H24N2O5S. The van der Waals surface area contributed by atoms with Crippen molar-refractivity contribution in [1.82, 2.24) is 10.2 Å². The van der Waals surface area contributed by atoms with E-state index >= 15 is 0 Å². The second-order valence-electron chi connectivity index (χ2n) is 5.30. The van der Waals surface area contributed by atoms with Crippen LogP contribution in [0, 0.1) is 0 Å². The van der Waals surface area contributed by atoms with Crippen molar-refractivity contribution in [2.24, 2.45) is 0 Å². The first-order valence-corrected chi connectivity index (χ1v) is 8.34. The van der Waals surface area contributed by atoms with Crippen LogP contribution >= 0.6 is 12.6 Å². The molecule has 1 rings (SSSR count). The highest BCUT2D eigenvalue weighted by molar-refractivity contribution is 7.80. The molecule has 0 aliphatic heterocycles. The summed E-state index contributed by atoms with van der Waals surface area (Å²) in [6.07, 6.45) is 0.435. The van der Waals surface area contributed by atoms with Crippen LogP contribution in [0.3, 0.4) is 0 Å². The van der Waals surface area contributed by atoms with Gasteiger partial charge in [-0.2, -0.15) is 0 Å². The molecule has 0 radical (unpaired) electrons. The topological polar surface area (TPSA) is 84.9 Å². The molecule has 0 saturated heterocycles. The highest BCUT2D eigenvalue weighted by Gasteiger charge is 2.12. The van der Waals surface area contributed by atoms with E-state index in [-0.39, 0.29) is 30.7 Å². The molecule has 0 unspecified atom stereocenters. The van der Waals surface area contributed by atoms with Gasteiger partial charge in [-0.05, 0) is 24.3 Å². The predicted molar refractivity (Wildman–Crippen MR) is 95.7 cm³/mol. The number of nitrogens with zero attached hydrogens (tertiary/aromatic N) is 1. The van der Waals surface area contributed by atoms with E-state index in [4.69, 9.17) is 0 Å². The maximum Gasteiger partial charge on any atom is 0.306 e. The Balaban J connectivity index is 2.46. The monoisotopic (exact) mass is 368 g/mol. The van der Waals surface area contributed by atoms with Crippen molar-refractivity contribution in [2.75, 3.05) is 40.4 Å². The van der Waals surface area contributed by atoms with Crippen LogP contribution in [0.5, 0.6) is 0 Å². The van der Waals surface area contributed by atoms with Crippen molar-refractivity contribution < 1.29 is 23.9 Å². The fourth-order valence-electron chi connectivity index (χ4n) is 2.08. The summed E-state index contributed by atoms with van der Waals surface area (Å²) in [5.41, 5.74) is 0.550. The number of hydrogen-bond donors (Lipinski definition) is 2. The summed E-state index contributed by atoms with van der Waals surface area (Å²) in [7, 11) is 2.66. The molecular weight excluding hydrogens is 344 g/mol. The number of esters is 2. The molecule has 8 heteroatoms. The number of rotatable bonds is 10. The summed E-state index contributed by atoms with van der Waals surface area (Å²) in [4.78, 5) is 37.3. The van der Waals surface area contributed by atoms with Crippen molar-refractivity contribution in [3.63, 3.8) is 0 Å². The van der Waals surface area contributed by atoms with E-state index in [9.17, 15) is 14.4 Å². The minimum absolute atomic E-state index is 0.186. The van der Waals surface area contributed by atoms with Gasteiger partial charge < -0.3 is 19.7 Å². The molecule has 138 valence electrons. The van der Waals surface area contributed by atoms with Crippen molar-refractivity contribution in [3.05, 3.63) is 29.8 Å². The summed E-state index contributed by atoms with van der Waals surface area (Å²) in [6, 6.07) is 6.89. The molecule has 1 N–H and O–H groups in total. The van der Waals surface area contributed by atoms with E-state index in [0.717, 1.165) is 4.90 Å². The standard InChI is InChI=1S/C17H24N2O5S/c1-23-15(20)7-10-19(11-8-16(21)24-2)12-9-18-17(22)13-3-5-14(25)6-4-13/h3-6,25H,7-12H2,1-2H3,(H,18,22). The fourth-order valence-corrected chi connectivity index (χ4v) is 2.23. The first-order valence-electron chi connectivity index (χ1n) is 7.89. The van der Waals surface area contributed by atoms with Gasteiger partial charge in [-0.15, -0.1) is 12.6 Å². The van der Waals surface area contributed by atoms with Crippen LogP contribution in [0.2, 0.25) is 0 Å². The summed E-state index contributed by atoms with van der Waals surface area (Å²) in [5.74, 6) is -0.827. The average molecular weight is 368 g/mol. The smallest absolute Gasteiger partial charge is 0.306 e. The van der Waals surface area contributed by atoms with Gasteiger partial charge in [0.1, 0.15) is 0 Å². The van der Waals surface area contributed by atoms with E-state index < -0.39 is 0 Å². The highest BCUT2D eigenvalue weighted by atomic mass is 32.1. The van der Waals surface area contributed by atoms with Gasteiger partial charge in [0.05, 0.1) is 27.1 Å². The zero-order valence-electron chi connectivity index (χ0n) is 14.5. The molecule has 0 heterocycles. The van der Waals surface area contributed by atoms with Crippen molar-refractivity contribution in [3.8, 4) is 0 Å². The first kappa shape index (κ1) is 21.0. The third kappa shape index (κ3) is 8.55. The quantitative estimate of drug-likeness (QED) is 0.476. The molecule has 7 nitrogen and oxygen atoms in total. The van der Waals surface area contributed by atoms with E-state index in [1.807, 2.05) is 4.90 Å². The molecule has 1 aromatic carbocycles. The molecule has 0 aromatic heterocycles. The highest BCUT2D eigenvalue weighted by Crippen LogP contribution is 2.07. The van der Waals surface area contributed by atoms with Crippen LogP contribution < -0.4 is 5.32 Å². The van der Waals surface area contributed by atoms with Crippen LogP contribution in [-0.4, -0.2) is 63.1 Å². The molecule has 0 aliphatic carbocycles. The Hall–Kier alpha value is -2.06. The molecule has 0 aliphatic rings. The molecule has 0 spiro atoms. The third-order valence-corrected chi connectivity index (χ3v) is 3.86. The SMILES string of the molecule is COC(=O)CCN(CCNC(=O)c1ccc(S)cc1)CCC(=O)OC. The van der Waals surface area contributed by atoms with E-state index in [0.29, 0.717) is 31.7 Å². The lowest BCUT2D eigenvalue weighted by atomic mass is 10.2. The Morgan fingerprint density at radius 2 is 1.48 bits per heavy atom. The Morgan fingerprint density at radius 1 is 0.960 bits per heavy atom. The van der Waals surface area contributed by atoms with E-state index in [1.165, 1.54) is 14.2 Å². The average Bonchev–Trinajstić information content (AvgIpc) is 2.63. The van der Waals surface area contributed by atoms with Crippen LogP contribution in [0.15, 0.2) is 29.2 Å². The summed E-state index contributed by atoms with van der Waals surface area (Å²) in [5, 5.41) is 2.81. The number of carbonyl (C=O) groups is 3. The number of methoxy groups -OCH3 is 2. The lowest BCUT2D eigenvalue weighted by Crippen LogP contribution is -2.37. The Morgan fingerprint density at radius 3 is 1.96 bits per heavy atom. The number of hydrogen-bond acceptors (Lipinski definition) is 7. The van der Waals surface area contributed by atoms with Gasteiger partial charge in [-0.3, -0.25) is 14.4 Å². The minimum atomic E-state index is -0.320. The van der Waals surface area contributed by atoms with E-state index in [1.54, 1.807) is 24.3 Å². The van der Waals surface area contributed by atoms with Crippen molar-refractivity contribution in [2.45, 2.75) is 17.7 Å². The maximum absolute atomic E-state index is 12.1.